The average Bonchev–Trinajstić information content (AvgIpc) is 2.96. The van der Waals surface area contributed by atoms with E-state index in [0.717, 1.165) is 5.56 Å². The van der Waals surface area contributed by atoms with E-state index in [9.17, 15) is 14.9 Å². The molecule has 2 N–H and O–H groups in total. The zero-order valence-electron chi connectivity index (χ0n) is 11.1. The molecule has 0 saturated carbocycles. The fraction of sp³-hybridized carbons (Fsp3) is 0.154. The minimum absolute atomic E-state index is 0.132. The third kappa shape index (κ3) is 3.50. The topological polar surface area (TPSA) is 84.3 Å². The first-order valence-corrected chi connectivity index (χ1v) is 7.30. The van der Waals surface area contributed by atoms with Gasteiger partial charge >= 0.3 is 0 Å². The van der Waals surface area contributed by atoms with Gasteiger partial charge in [0.1, 0.15) is 5.69 Å². The number of hydrogen-bond acceptors (Lipinski definition) is 5. The van der Waals surface area contributed by atoms with Crippen molar-refractivity contribution in [1.82, 2.24) is 5.32 Å². The standard InChI is InChI=1S/C13H12ClN3O3S/c1-15-12-10(14)4-9(5-11(12)17(19)20)13(18)16-6-8-2-3-21-7-8/h2-5,7,15H,6H2,1H3,(H,16,18). The largest absolute Gasteiger partial charge is 0.381 e. The molecule has 0 saturated heterocycles. The number of carbonyl (C=O) groups excluding carboxylic acids is 1. The van der Waals surface area contributed by atoms with E-state index in [0.29, 0.717) is 6.54 Å². The van der Waals surface area contributed by atoms with Crippen molar-refractivity contribution in [1.29, 1.82) is 0 Å². The van der Waals surface area contributed by atoms with Gasteiger partial charge in [-0.25, -0.2) is 0 Å². The van der Waals surface area contributed by atoms with Crippen molar-refractivity contribution in [3.8, 4) is 0 Å². The predicted molar refractivity (Wildman–Crippen MR) is 83.1 cm³/mol. The molecular formula is C13H12ClN3O3S. The smallest absolute Gasteiger partial charge is 0.294 e. The zero-order chi connectivity index (χ0) is 15.4. The third-order valence-corrected chi connectivity index (χ3v) is 3.84. The summed E-state index contributed by atoms with van der Waals surface area (Å²) in [5, 5.41) is 20.3. The van der Waals surface area contributed by atoms with E-state index in [1.807, 2.05) is 16.8 Å². The van der Waals surface area contributed by atoms with Gasteiger partial charge in [-0.05, 0) is 28.5 Å². The van der Waals surface area contributed by atoms with Crippen LogP contribution in [0.15, 0.2) is 29.0 Å². The first-order chi connectivity index (χ1) is 10.0. The first kappa shape index (κ1) is 15.3. The van der Waals surface area contributed by atoms with Crippen LogP contribution in [0.25, 0.3) is 0 Å². The average molecular weight is 326 g/mol. The minimum atomic E-state index is -0.576. The van der Waals surface area contributed by atoms with E-state index in [1.165, 1.54) is 30.5 Å². The molecule has 21 heavy (non-hydrogen) atoms. The first-order valence-electron chi connectivity index (χ1n) is 5.98. The highest BCUT2D eigenvalue weighted by molar-refractivity contribution is 7.07. The summed E-state index contributed by atoms with van der Waals surface area (Å²) in [6.07, 6.45) is 0. The monoisotopic (exact) mass is 325 g/mol. The van der Waals surface area contributed by atoms with Gasteiger partial charge in [-0.1, -0.05) is 11.6 Å². The van der Waals surface area contributed by atoms with Gasteiger partial charge in [-0.3, -0.25) is 14.9 Å². The van der Waals surface area contributed by atoms with E-state index in [1.54, 1.807) is 0 Å². The lowest BCUT2D eigenvalue weighted by molar-refractivity contribution is -0.383. The Balaban J connectivity index is 2.23. The molecule has 2 rings (SSSR count). The number of anilines is 1. The Kier molecular flexibility index (Phi) is 4.77. The van der Waals surface area contributed by atoms with Crippen molar-refractivity contribution >= 4 is 40.2 Å². The minimum Gasteiger partial charge on any atom is -0.381 e. The maximum Gasteiger partial charge on any atom is 0.294 e. The molecule has 0 spiro atoms. The molecule has 0 aliphatic carbocycles. The highest BCUT2D eigenvalue weighted by atomic mass is 35.5. The highest BCUT2D eigenvalue weighted by Gasteiger charge is 2.20. The Hall–Kier alpha value is -2.12. The summed E-state index contributed by atoms with van der Waals surface area (Å²) in [6.45, 7) is 0.363. The lowest BCUT2D eigenvalue weighted by Gasteiger charge is -2.08. The van der Waals surface area contributed by atoms with Gasteiger partial charge in [-0.15, -0.1) is 0 Å². The van der Waals surface area contributed by atoms with Gasteiger partial charge in [0.25, 0.3) is 11.6 Å². The van der Waals surface area contributed by atoms with Gasteiger partial charge in [0.15, 0.2) is 0 Å². The summed E-state index contributed by atoms with van der Waals surface area (Å²) in [5.74, 6) is -0.408. The number of rotatable bonds is 5. The summed E-state index contributed by atoms with van der Waals surface area (Å²) in [5.41, 5.74) is 1.09. The maximum atomic E-state index is 12.1. The molecule has 0 aliphatic rings. The molecule has 0 fully saturated rings. The van der Waals surface area contributed by atoms with Gasteiger partial charge < -0.3 is 10.6 Å². The van der Waals surface area contributed by atoms with Crippen LogP contribution >= 0.6 is 22.9 Å². The number of benzene rings is 1. The van der Waals surface area contributed by atoms with E-state index in [2.05, 4.69) is 10.6 Å². The number of nitrogens with one attached hydrogen (secondary N) is 2. The number of thiophene rings is 1. The van der Waals surface area contributed by atoms with Crippen LogP contribution in [0, 0.1) is 10.1 Å². The molecule has 1 aromatic carbocycles. The number of carbonyl (C=O) groups is 1. The quantitative estimate of drug-likeness (QED) is 0.652. The van der Waals surface area contributed by atoms with Crippen molar-refractivity contribution in [3.05, 3.63) is 55.2 Å². The number of amides is 1. The molecule has 0 radical (unpaired) electrons. The van der Waals surface area contributed by atoms with Crippen molar-refractivity contribution in [2.75, 3.05) is 12.4 Å². The van der Waals surface area contributed by atoms with Crippen molar-refractivity contribution < 1.29 is 9.72 Å². The molecule has 0 atom stereocenters. The molecule has 1 heterocycles. The Morgan fingerprint density at radius 3 is 2.81 bits per heavy atom. The van der Waals surface area contributed by atoms with Gasteiger partial charge in [0.05, 0.1) is 9.95 Å². The van der Waals surface area contributed by atoms with Crippen LogP contribution in [-0.2, 0) is 6.54 Å². The molecule has 1 aromatic heterocycles. The van der Waals surface area contributed by atoms with Gasteiger partial charge in [0.2, 0.25) is 0 Å². The fourth-order valence-corrected chi connectivity index (χ4v) is 2.77. The molecule has 1 amide bonds. The van der Waals surface area contributed by atoms with E-state index < -0.39 is 10.8 Å². The second-order valence-electron chi connectivity index (χ2n) is 4.17. The van der Waals surface area contributed by atoms with Crippen molar-refractivity contribution in [2.24, 2.45) is 0 Å². The van der Waals surface area contributed by atoms with E-state index in [4.69, 9.17) is 11.6 Å². The Morgan fingerprint density at radius 2 is 2.24 bits per heavy atom. The van der Waals surface area contributed by atoms with Crippen LogP contribution in [0.2, 0.25) is 5.02 Å². The van der Waals surface area contributed by atoms with Crippen LogP contribution < -0.4 is 10.6 Å². The third-order valence-electron chi connectivity index (χ3n) is 2.81. The molecule has 2 aromatic rings. The fourth-order valence-electron chi connectivity index (χ4n) is 1.79. The maximum absolute atomic E-state index is 12.1. The Morgan fingerprint density at radius 1 is 1.48 bits per heavy atom. The van der Waals surface area contributed by atoms with E-state index >= 15 is 0 Å². The van der Waals surface area contributed by atoms with Crippen molar-refractivity contribution in [3.63, 3.8) is 0 Å². The number of nitro groups is 1. The van der Waals surface area contributed by atoms with Crippen molar-refractivity contribution in [2.45, 2.75) is 6.54 Å². The molecule has 110 valence electrons. The van der Waals surface area contributed by atoms with Crippen LogP contribution in [0.5, 0.6) is 0 Å². The lowest BCUT2D eigenvalue weighted by atomic mass is 10.1. The van der Waals surface area contributed by atoms with Gasteiger partial charge in [0, 0.05) is 25.2 Å². The summed E-state index contributed by atoms with van der Waals surface area (Å²) in [4.78, 5) is 22.5. The van der Waals surface area contributed by atoms with Crippen LogP contribution in [-0.4, -0.2) is 17.9 Å². The Bertz CT molecular complexity index is 674. The molecule has 0 bridgehead atoms. The second-order valence-corrected chi connectivity index (χ2v) is 5.36. The second kappa shape index (κ2) is 6.55. The normalized spacial score (nSPS) is 10.2. The molecule has 6 nitrogen and oxygen atoms in total. The highest BCUT2D eigenvalue weighted by Crippen LogP contribution is 2.33. The number of nitrogens with zero attached hydrogens (tertiary/aromatic N) is 1. The zero-order valence-corrected chi connectivity index (χ0v) is 12.6. The summed E-state index contributed by atoms with van der Waals surface area (Å²) < 4.78 is 0. The summed E-state index contributed by atoms with van der Waals surface area (Å²) >= 11 is 7.51. The number of halogens is 1. The van der Waals surface area contributed by atoms with Crippen LogP contribution in [0.4, 0.5) is 11.4 Å². The molecular weight excluding hydrogens is 314 g/mol. The van der Waals surface area contributed by atoms with Gasteiger partial charge in [-0.2, -0.15) is 11.3 Å². The SMILES string of the molecule is CNc1c(Cl)cc(C(=O)NCc2ccsc2)cc1[N+](=O)[O-]. The van der Waals surface area contributed by atoms with E-state index in [-0.39, 0.29) is 22.0 Å². The number of nitro benzene ring substituents is 1. The molecule has 8 heteroatoms. The lowest BCUT2D eigenvalue weighted by Crippen LogP contribution is -2.22. The summed E-state index contributed by atoms with van der Waals surface area (Å²) in [7, 11) is 1.53. The number of hydrogen-bond donors (Lipinski definition) is 2. The van der Waals surface area contributed by atoms with Crippen LogP contribution in [0.3, 0.4) is 0 Å². The van der Waals surface area contributed by atoms with Crippen LogP contribution in [0.1, 0.15) is 15.9 Å². The summed E-state index contributed by atoms with van der Waals surface area (Å²) in [6, 6.07) is 4.51. The Labute approximate surface area is 129 Å². The molecule has 0 unspecified atom stereocenters. The predicted octanol–water partition coefficient (Wildman–Crippen LogP) is 3.28. The molecule has 0 aliphatic heterocycles.